The lowest BCUT2D eigenvalue weighted by molar-refractivity contribution is 0.288. The number of hydrogen-bond donors (Lipinski definition) is 0. The number of benzene rings is 12. The highest BCUT2D eigenvalue weighted by atomic mass is 16.5. The van der Waals surface area contributed by atoms with Crippen LogP contribution < -0.4 is 15.2 Å². The Balaban J connectivity index is 0.000000134. The molecule has 4 aliphatic rings. The van der Waals surface area contributed by atoms with Crippen molar-refractivity contribution in [3.05, 3.63) is 281 Å². The number of furan rings is 1. The zero-order chi connectivity index (χ0) is 52.7. The van der Waals surface area contributed by atoms with Crippen LogP contribution >= 0.6 is 0 Å². The Bertz CT molecular complexity index is 4840. The van der Waals surface area contributed by atoms with Gasteiger partial charge < -0.3 is 9.15 Å². The molecule has 2 heteroatoms. The van der Waals surface area contributed by atoms with Crippen LogP contribution in [0.5, 0.6) is 5.75 Å². The maximum absolute atomic E-state index is 6.44. The van der Waals surface area contributed by atoms with E-state index >= 15 is 0 Å². The highest BCUT2D eigenvalue weighted by molar-refractivity contribution is 6.13. The topological polar surface area (TPSA) is 22.4 Å². The molecule has 12 aromatic carbocycles. The first-order valence-corrected chi connectivity index (χ1v) is 28.3. The molecule has 378 valence electrons. The predicted octanol–water partition coefficient (Wildman–Crippen LogP) is 19.1. The van der Waals surface area contributed by atoms with Gasteiger partial charge in [0.05, 0.1) is 0 Å². The third-order valence-electron chi connectivity index (χ3n) is 17.4. The van der Waals surface area contributed by atoms with E-state index in [1.807, 2.05) is 0 Å². The summed E-state index contributed by atoms with van der Waals surface area (Å²) in [5, 5.41) is 12.6. The fraction of sp³-hybridized carbons (Fsp3) is 0.0769. The Labute approximate surface area is 465 Å². The Hall–Kier alpha value is -9.76. The molecule has 1 aliphatic heterocycles. The third kappa shape index (κ3) is 7.69. The summed E-state index contributed by atoms with van der Waals surface area (Å²) in [5.41, 5.74) is 21.8. The molecule has 2 unspecified atom stereocenters. The van der Waals surface area contributed by atoms with Gasteiger partial charge in [0.2, 0.25) is 0 Å². The summed E-state index contributed by atoms with van der Waals surface area (Å²) in [6, 6.07) is 83.7. The Morgan fingerprint density at radius 2 is 0.825 bits per heavy atom. The SMILES string of the molecule is C1=Cc2c(c(-c3ccc(-c4ccc5oc6cc7ccccc7cc6c5c4)cc3)c3ccccc3c2-c2ccccc2)CC1.C1=Cc2c(c(-c3ccc4c(c3)C3C=c5ccccc5=CC3O4)c3ccccc3c2-c2ccccc2)CC1. The highest BCUT2D eigenvalue weighted by Crippen LogP contribution is 2.49. The molecule has 2 heterocycles. The van der Waals surface area contributed by atoms with E-state index in [4.69, 9.17) is 9.15 Å². The van der Waals surface area contributed by atoms with Crippen molar-refractivity contribution >= 4 is 78.6 Å². The molecule has 0 saturated heterocycles. The van der Waals surface area contributed by atoms with Gasteiger partial charge in [-0.3, -0.25) is 0 Å². The van der Waals surface area contributed by atoms with Gasteiger partial charge >= 0.3 is 0 Å². The lowest BCUT2D eigenvalue weighted by Crippen LogP contribution is -2.34. The van der Waals surface area contributed by atoms with Crippen LogP contribution in [0.1, 0.15) is 46.6 Å². The smallest absolute Gasteiger partial charge is 0.136 e. The number of allylic oxidation sites excluding steroid dienone is 2. The summed E-state index contributed by atoms with van der Waals surface area (Å²) >= 11 is 0. The monoisotopic (exact) mass is 1020 g/mol. The van der Waals surface area contributed by atoms with Gasteiger partial charge in [-0.15, -0.1) is 0 Å². The molecular formula is C78H54O2. The fourth-order valence-electron chi connectivity index (χ4n) is 13.7. The summed E-state index contributed by atoms with van der Waals surface area (Å²) in [6.07, 6.45) is 18.3. The maximum atomic E-state index is 6.44. The second-order valence-corrected chi connectivity index (χ2v) is 21.9. The minimum atomic E-state index is 0.0641. The van der Waals surface area contributed by atoms with Crippen molar-refractivity contribution in [3.8, 4) is 61.4 Å². The average molecular weight is 1020 g/mol. The molecule has 1 aromatic heterocycles. The number of ether oxygens (including phenoxy) is 1. The molecule has 2 atom stereocenters. The van der Waals surface area contributed by atoms with Crippen LogP contribution in [0, 0.1) is 0 Å². The molecule has 0 bridgehead atoms. The molecule has 13 aromatic rings. The molecule has 3 aliphatic carbocycles. The molecule has 0 spiro atoms. The second-order valence-electron chi connectivity index (χ2n) is 21.9. The maximum Gasteiger partial charge on any atom is 0.136 e. The van der Waals surface area contributed by atoms with Crippen LogP contribution in [0.25, 0.3) is 134 Å². The lowest BCUT2D eigenvalue weighted by atomic mass is 9.79. The van der Waals surface area contributed by atoms with Gasteiger partial charge in [0, 0.05) is 22.3 Å². The Morgan fingerprint density at radius 1 is 0.338 bits per heavy atom. The van der Waals surface area contributed by atoms with Crippen LogP contribution in [0.15, 0.2) is 247 Å². The van der Waals surface area contributed by atoms with E-state index in [9.17, 15) is 0 Å². The number of rotatable bonds is 5. The quantitative estimate of drug-likeness (QED) is 0.171. The van der Waals surface area contributed by atoms with Crippen molar-refractivity contribution in [1.29, 1.82) is 0 Å². The number of hydrogen-bond acceptors (Lipinski definition) is 2. The lowest BCUT2D eigenvalue weighted by Gasteiger charge is -2.24. The normalized spacial score (nSPS) is 15.5. The summed E-state index contributed by atoms with van der Waals surface area (Å²) in [5.74, 6) is 1.26. The minimum Gasteiger partial charge on any atom is -0.485 e. The molecule has 2 nitrogen and oxygen atoms in total. The van der Waals surface area contributed by atoms with E-state index in [0.717, 1.165) is 53.4 Å². The Morgan fingerprint density at radius 3 is 1.46 bits per heavy atom. The molecular weight excluding hydrogens is 969 g/mol. The van der Waals surface area contributed by atoms with Gasteiger partial charge in [-0.1, -0.05) is 225 Å². The highest BCUT2D eigenvalue weighted by Gasteiger charge is 2.34. The molecule has 0 amide bonds. The second kappa shape index (κ2) is 19.0. The summed E-state index contributed by atoms with van der Waals surface area (Å²) in [6.45, 7) is 0. The van der Waals surface area contributed by atoms with Crippen LogP contribution in [0.3, 0.4) is 0 Å². The largest absolute Gasteiger partial charge is 0.485 e. The van der Waals surface area contributed by atoms with Gasteiger partial charge in [-0.25, -0.2) is 0 Å². The first kappa shape index (κ1) is 46.3. The molecule has 80 heavy (non-hydrogen) atoms. The van der Waals surface area contributed by atoms with E-state index in [0.29, 0.717) is 0 Å². The van der Waals surface area contributed by atoms with Gasteiger partial charge in [0.25, 0.3) is 0 Å². The van der Waals surface area contributed by atoms with Crippen molar-refractivity contribution < 1.29 is 9.15 Å². The molecule has 0 fully saturated rings. The summed E-state index contributed by atoms with van der Waals surface area (Å²) in [7, 11) is 0. The van der Waals surface area contributed by atoms with Crippen molar-refractivity contribution in [2.45, 2.75) is 37.7 Å². The van der Waals surface area contributed by atoms with Gasteiger partial charge in [-0.2, -0.15) is 0 Å². The molecule has 0 N–H and O–H groups in total. The van der Waals surface area contributed by atoms with Crippen LogP contribution in [0.2, 0.25) is 0 Å². The van der Waals surface area contributed by atoms with Crippen molar-refractivity contribution in [2.24, 2.45) is 0 Å². The zero-order valence-corrected chi connectivity index (χ0v) is 44.2. The number of fused-ring (bicyclic) bond motifs is 12. The fourth-order valence-corrected chi connectivity index (χ4v) is 13.7. The van der Waals surface area contributed by atoms with Crippen LogP contribution in [-0.4, -0.2) is 6.10 Å². The molecule has 0 saturated carbocycles. The standard InChI is InChI=1S/C42H28O.C36H26O/c1-2-10-28(11-3-1)41-33-14-6-8-16-35(33)42(36-17-9-7-15-34(36)41)29-20-18-27(19-21-29)32-22-23-39-37(25-32)38-24-30-12-4-5-13-31(30)26-40(38)43-39;1-2-10-23(11-3-1)35-27-14-6-8-16-29(27)36(30-17-9-7-15-28(30)35)26-18-19-33-31(21-26)32-20-24-12-4-5-13-25(24)22-34(32)37-33/h1-8,10-16,18-26H,9,17H2;1-8,10-16,18-22,32,34H,9,17H2. The first-order valence-electron chi connectivity index (χ1n) is 28.3. The summed E-state index contributed by atoms with van der Waals surface area (Å²) in [4.78, 5) is 0. The predicted molar refractivity (Wildman–Crippen MR) is 336 cm³/mol. The molecule has 17 rings (SSSR count). The Kier molecular flexibility index (Phi) is 11.0. The van der Waals surface area contributed by atoms with Gasteiger partial charge in [-0.05, 0) is 189 Å². The average Bonchev–Trinajstić information content (AvgIpc) is 4.10. The van der Waals surface area contributed by atoms with E-state index in [2.05, 4.69) is 267 Å². The van der Waals surface area contributed by atoms with Crippen molar-refractivity contribution in [2.75, 3.05) is 0 Å². The van der Waals surface area contributed by atoms with Crippen LogP contribution in [0.4, 0.5) is 0 Å². The van der Waals surface area contributed by atoms with E-state index in [1.165, 1.54) is 126 Å². The zero-order valence-electron chi connectivity index (χ0n) is 44.2. The van der Waals surface area contributed by atoms with E-state index < -0.39 is 0 Å². The van der Waals surface area contributed by atoms with E-state index in [-0.39, 0.29) is 12.0 Å². The van der Waals surface area contributed by atoms with Gasteiger partial charge in [0.1, 0.15) is 23.0 Å². The summed E-state index contributed by atoms with van der Waals surface area (Å²) < 4.78 is 12.7. The first-order chi connectivity index (χ1) is 39.7. The van der Waals surface area contributed by atoms with Crippen LogP contribution in [-0.2, 0) is 12.8 Å². The van der Waals surface area contributed by atoms with Crippen molar-refractivity contribution in [3.63, 3.8) is 0 Å². The van der Waals surface area contributed by atoms with Crippen molar-refractivity contribution in [1.82, 2.24) is 0 Å². The molecule has 0 radical (unpaired) electrons. The van der Waals surface area contributed by atoms with E-state index in [1.54, 1.807) is 0 Å². The third-order valence-corrected chi connectivity index (χ3v) is 17.4. The van der Waals surface area contributed by atoms with Gasteiger partial charge in [0.15, 0.2) is 0 Å². The minimum absolute atomic E-state index is 0.0641.